The molecule has 1 heterocycles. The van der Waals surface area contributed by atoms with E-state index in [-0.39, 0.29) is 0 Å². The fraction of sp³-hybridized carbons (Fsp3) is 0.600. The molecule has 1 aliphatic carbocycles. The van der Waals surface area contributed by atoms with Crippen molar-refractivity contribution in [1.29, 1.82) is 0 Å². The van der Waals surface area contributed by atoms with Crippen LogP contribution in [0.2, 0.25) is 0 Å². The van der Waals surface area contributed by atoms with Gasteiger partial charge in [0.05, 0.1) is 0 Å². The maximum atomic E-state index is 5.52. The Labute approximate surface area is 83.9 Å². The van der Waals surface area contributed by atoms with Gasteiger partial charge in [0.15, 0.2) is 0 Å². The van der Waals surface area contributed by atoms with Crippen molar-refractivity contribution < 1.29 is 0 Å². The van der Waals surface area contributed by atoms with Gasteiger partial charge in [0, 0.05) is 18.3 Å². The molecule has 4 nitrogen and oxygen atoms in total. The quantitative estimate of drug-likeness (QED) is 0.763. The molecule has 1 aromatic heterocycles. The van der Waals surface area contributed by atoms with Crippen molar-refractivity contribution in [2.45, 2.75) is 26.7 Å². The van der Waals surface area contributed by atoms with Crippen molar-refractivity contribution in [2.24, 2.45) is 5.41 Å². The summed E-state index contributed by atoms with van der Waals surface area (Å²) in [5.74, 6) is 1.20. The van der Waals surface area contributed by atoms with Crippen LogP contribution in [0, 0.1) is 12.3 Å². The predicted molar refractivity (Wildman–Crippen MR) is 57.0 cm³/mol. The third-order valence-electron chi connectivity index (χ3n) is 2.78. The summed E-state index contributed by atoms with van der Waals surface area (Å²) in [5, 5.41) is 3.33. The van der Waals surface area contributed by atoms with Crippen molar-refractivity contribution in [3.63, 3.8) is 0 Å². The monoisotopic (exact) mass is 192 g/mol. The zero-order valence-corrected chi connectivity index (χ0v) is 8.67. The van der Waals surface area contributed by atoms with Crippen LogP contribution in [0.1, 0.15) is 25.3 Å². The predicted octanol–water partition coefficient (Wildman–Crippen LogP) is 1.58. The highest BCUT2D eigenvalue weighted by Gasteiger charge is 2.36. The lowest BCUT2D eigenvalue weighted by atomic mass is 10.1. The summed E-state index contributed by atoms with van der Waals surface area (Å²) in [6.45, 7) is 5.24. The van der Waals surface area contributed by atoms with Gasteiger partial charge in [-0.25, -0.2) is 4.98 Å². The summed E-state index contributed by atoms with van der Waals surface area (Å²) in [5.41, 5.74) is 7.04. The molecule has 0 saturated heterocycles. The van der Waals surface area contributed by atoms with Gasteiger partial charge in [0.1, 0.15) is 5.82 Å². The van der Waals surface area contributed by atoms with E-state index in [4.69, 9.17) is 5.73 Å². The summed E-state index contributed by atoms with van der Waals surface area (Å²) in [6, 6.07) is 0. The Morgan fingerprint density at radius 2 is 2.29 bits per heavy atom. The van der Waals surface area contributed by atoms with E-state index < -0.39 is 0 Å². The molecule has 0 spiro atoms. The minimum Gasteiger partial charge on any atom is -0.369 e. The van der Waals surface area contributed by atoms with E-state index in [1.165, 1.54) is 12.8 Å². The summed E-state index contributed by atoms with van der Waals surface area (Å²) in [4.78, 5) is 8.09. The summed E-state index contributed by atoms with van der Waals surface area (Å²) in [7, 11) is 0. The van der Waals surface area contributed by atoms with Gasteiger partial charge in [0.2, 0.25) is 5.95 Å². The fourth-order valence-electron chi connectivity index (χ4n) is 1.32. The third-order valence-corrected chi connectivity index (χ3v) is 2.78. The summed E-state index contributed by atoms with van der Waals surface area (Å²) < 4.78 is 0. The molecular formula is C10H16N4. The van der Waals surface area contributed by atoms with Crippen molar-refractivity contribution in [2.75, 3.05) is 17.6 Å². The highest BCUT2D eigenvalue weighted by molar-refractivity contribution is 5.45. The topological polar surface area (TPSA) is 63.8 Å². The first-order valence-corrected chi connectivity index (χ1v) is 4.92. The number of nitrogens with two attached hydrogens (primary N) is 1. The molecular weight excluding hydrogens is 176 g/mol. The number of hydrogen-bond acceptors (Lipinski definition) is 4. The van der Waals surface area contributed by atoms with Gasteiger partial charge in [0.25, 0.3) is 0 Å². The van der Waals surface area contributed by atoms with Crippen LogP contribution in [0.4, 0.5) is 11.8 Å². The second kappa shape index (κ2) is 3.12. The smallest absolute Gasteiger partial charge is 0.221 e. The normalized spacial score (nSPS) is 17.9. The molecule has 3 N–H and O–H groups in total. The number of aromatic nitrogens is 2. The first-order valence-electron chi connectivity index (χ1n) is 4.92. The van der Waals surface area contributed by atoms with Crippen molar-refractivity contribution in [1.82, 2.24) is 9.97 Å². The Morgan fingerprint density at radius 3 is 2.93 bits per heavy atom. The fourth-order valence-corrected chi connectivity index (χ4v) is 1.32. The van der Waals surface area contributed by atoms with Crippen LogP contribution in [-0.2, 0) is 0 Å². The molecule has 0 atom stereocenters. The minimum absolute atomic E-state index is 0.332. The van der Waals surface area contributed by atoms with E-state index in [0.29, 0.717) is 11.4 Å². The minimum atomic E-state index is 0.332. The SMILES string of the molecule is Cc1cnc(N)nc1NCC1(C)CC1. The molecule has 76 valence electrons. The van der Waals surface area contributed by atoms with E-state index in [2.05, 4.69) is 22.2 Å². The summed E-state index contributed by atoms with van der Waals surface area (Å²) >= 11 is 0. The Bertz CT molecular complexity index is 344. The molecule has 4 heteroatoms. The van der Waals surface area contributed by atoms with Crippen LogP contribution in [0.5, 0.6) is 0 Å². The number of anilines is 2. The van der Waals surface area contributed by atoms with Crippen LogP contribution >= 0.6 is 0 Å². The highest BCUT2D eigenvalue weighted by atomic mass is 15.1. The van der Waals surface area contributed by atoms with E-state index in [9.17, 15) is 0 Å². The average Bonchev–Trinajstić information content (AvgIpc) is 2.87. The van der Waals surface area contributed by atoms with E-state index in [1.807, 2.05) is 6.92 Å². The van der Waals surface area contributed by atoms with Gasteiger partial charge >= 0.3 is 0 Å². The highest BCUT2D eigenvalue weighted by Crippen LogP contribution is 2.44. The molecule has 0 bridgehead atoms. The largest absolute Gasteiger partial charge is 0.369 e. The van der Waals surface area contributed by atoms with Crippen LogP contribution in [-0.4, -0.2) is 16.5 Å². The molecule has 1 saturated carbocycles. The Hall–Kier alpha value is -1.32. The number of hydrogen-bond donors (Lipinski definition) is 2. The first kappa shape index (κ1) is 9.24. The molecule has 1 aromatic rings. The molecule has 2 rings (SSSR count). The van der Waals surface area contributed by atoms with Crippen LogP contribution in [0.15, 0.2) is 6.20 Å². The van der Waals surface area contributed by atoms with E-state index in [0.717, 1.165) is 17.9 Å². The first-order chi connectivity index (χ1) is 6.59. The van der Waals surface area contributed by atoms with E-state index in [1.54, 1.807) is 6.20 Å². The second-order valence-electron chi connectivity index (χ2n) is 4.42. The second-order valence-corrected chi connectivity index (χ2v) is 4.42. The lowest BCUT2D eigenvalue weighted by Crippen LogP contribution is -2.14. The molecule has 0 amide bonds. The Kier molecular flexibility index (Phi) is 2.06. The number of aryl methyl sites for hydroxylation is 1. The van der Waals surface area contributed by atoms with Gasteiger partial charge in [-0.15, -0.1) is 0 Å². The number of rotatable bonds is 3. The van der Waals surface area contributed by atoms with Gasteiger partial charge in [-0.1, -0.05) is 6.92 Å². The molecule has 0 unspecified atom stereocenters. The number of nitrogen functional groups attached to an aromatic ring is 1. The Balaban J connectivity index is 2.04. The molecule has 0 aliphatic heterocycles. The standard InChI is InChI=1S/C10H16N4/c1-7-5-12-9(11)14-8(7)13-6-10(2)3-4-10/h5H,3-4,6H2,1-2H3,(H3,11,12,13,14). The van der Waals surface area contributed by atoms with E-state index >= 15 is 0 Å². The molecule has 0 aromatic carbocycles. The maximum Gasteiger partial charge on any atom is 0.221 e. The van der Waals surface area contributed by atoms with Gasteiger partial charge in [-0.2, -0.15) is 4.98 Å². The van der Waals surface area contributed by atoms with Gasteiger partial charge < -0.3 is 11.1 Å². The lowest BCUT2D eigenvalue weighted by Gasteiger charge is -2.12. The van der Waals surface area contributed by atoms with Gasteiger partial charge in [-0.05, 0) is 25.2 Å². The van der Waals surface area contributed by atoms with Crippen molar-refractivity contribution in [3.8, 4) is 0 Å². The molecule has 1 aliphatic rings. The van der Waals surface area contributed by atoms with Crippen LogP contribution in [0.3, 0.4) is 0 Å². The molecule has 14 heavy (non-hydrogen) atoms. The summed E-state index contributed by atoms with van der Waals surface area (Å²) in [6.07, 6.45) is 4.36. The van der Waals surface area contributed by atoms with Gasteiger partial charge in [-0.3, -0.25) is 0 Å². The zero-order chi connectivity index (χ0) is 10.2. The van der Waals surface area contributed by atoms with Crippen molar-refractivity contribution >= 4 is 11.8 Å². The average molecular weight is 192 g/mol. The third kappa shape index (κ3) is 1.95. The Morgan fingerprint density at radius 1 is 1.57 bits per heavy atom. The molecule has 1 fully saturated rings. The lowest BCUT2D eigenvalue weighted by molar-refractivity contribution is 0.609. The van der Waals surface area contributed by atoms with Crippen molar-refractivity contribution in [3.05, 3.63) is 11.8 Å². The van der Waals surface area contributed by atoms with Crippen LogP contribution < -0.4 is 11.1 Å². The molecule has 0 radical (unpaired) electrons. The number of nitrogens with one attached hydrogen (secondary N) is 1. The zero-order valence-electron chi connectivity index (χ0n) is 8.67. The maximum absolute atomic E-state index is 5.52. The number of nitrogens with zero attached hydrogens (tertiary/aromatic N) is 2. The van der Waals surface area contributed by atoms with Crippen LogP contribution in [0.25, 0.3) is 0 Å².